The van der Waals surface area contributed by atoms with Crippen molar-refractivity contribution < 1.29 is 19.1 Å². The second kappa shape index (κ2) is 9.36. The van der Waals surface area contributed by atoms with Crippen LogP contribution in [0.25, 0.3) is 0 Å². The number of benzene rings is 2. The standard InChI is InChI=1S/C20H22N2O4/c1-14-8-10-17(11-9-14)22-19(24)13-26-20(25)12-18(21-15(2)23)16-6-4-3-5-7-16/h3-11,18H,12-13H2,1-2H3,(H,21,23)(H,22,24)/t18-/m0/s1. The zero-order chi connectivity index (χ0) is 18.9. The normalized spacial score (nSPS) is 11.3. The van der Waals surface area contributed by atoms with E-state index in [1.807, 2.05) is 49.4 Å². The van der Waals surface area contributed by atoms with Gasteiger partial charge in [0.15, 0.2) is 6.61 Å². The molecule has 2 aromatic carbocycles. The molecule has 0 fully saturated rings. The molecule has 0 aromatic heterocycles. The maximum Gasteiger partial charge on any atom is 0.308 e. The summed E-state index contributed by atoms with van der Waals surface area (Å²) in [6, 6.07) is 15.9. The van der Waals surface area contributed by atoms with Crippen LogP contribution < -0.4 is 10.6 Å². The quantitative estimate of drug-likeness (QED) is 0.749. The summed E-state index contributed by atoms with van der Waals surface area (Å²) in [6.07, 6.45) is -0.0542. The number of amides is 2. The fourth-order valence-corrected chi connectivity index (χ4v) is 2.39. The van der Waals surface area contributed by atoms with Crippen LogP contribution in [0.3, 0.4) is 0 Å². The number of rotatable bonds is 7. The van der Waals surface area contributed by atoms with Crippen molar-refractivity contribution in [2.75, 3.05) is 11.9 Å². The van der Waals surface area contributed by atoms with Gasteiger partial charge in [-0.3, -0.25) is 14.4 Å². The van der Waals surface area contributed by atoms with Crippen LogP contribution >= 0.6 is 0 Å². The smallest absolute Gasteiger partial charge is 0.308 e. The second-order valence-corrected chi connectivity index (χ2v) is 5.94. The number of hydrogen-bond acceptors (Lipinski definition) is 4. The lowest BCUT2D eigenvalue weighted by atomic mass is 10.0. The van der Waals surface area contributed by atoms with Gasteiger partial charge in [0.1, 0.15) is 0 Å². The van der Waals surface area contributed by atoms with E-state index in [-0.39, 0.29) is 18.9 Å². The van der Waals surface area contributed by atoms with E-state index in [2.05, 4.69) is 10.6 Å². The average molecular weight is 354 g/mol. The number of hydrogen-bond donors (Lipinski definition) is 2. The van der Waals surface area contributed by atoms with Crippen LogP contribution in [0.15, 0.2) is 54.6 Å². The van der Waals surface area contributed by atoms with Crippen molar-refractivity contribution in [1.29, 1.82) is 0 Å². The molecule has 6 heteroatoms. The predicted molar refractivity (Wildman–Crippen MR) is 98.4 cm³/mol. The Balaban J connectivity index is 1.86. The molecule has 0 radical (unpaired) electrons. The lowest BCUT2D eigenvalue weighted by molar-refractivity contribution is -0.148. The van der Waals surface area contributed by atoms with Crippen molar-refractivity contribution in [1.82, 2.24) is 5.32 Å². The topological polar surface area (TPSA) is 84.5 Å². The fraction of sp³-hybridized carbons (Fsp3) is 0.250. The van der Waals surface area contributed by atoms with Gasteiger partial charge in [0.2, 0.25) is 5.91 Å². The molecule has 2 amide bonds. The van der Waals surface area contributed by atoms with Gasteiger partial charge in [-0.1, -0.05) is 48.0 Å². The Bertz CT molecular complexity index is 757. The third-order valence-electron chi connectivity index (χ3n) is 3.65. The van der Waals surface area contributed by atoms with Crippen LogP contribution in [0.1, 0.15) is 30.5 Å². The van der Waals surface area contributed by atoms with Crippen LogP contribution in [0, 0.1) is 6.92 Å². The van der Waals surface area contributed by atoms with E-state index < -0.39 is 17.9 Å². The van der Waals surface area contributed by atoms with Gasteiger partial charge in [0.05, 0.1) is 12.5 Å². The Morgan fingerprint density at radius 3 is 2.27 bits per heavy atom. The zero-order valence-electron chi connectivity index (χ0n) is 14.8. The van der Waals surface area contributed by atoms with Crippen LogP contribution in [0.5, 0.6) is 0 Å². The van der Waals surface area contributed by atoms with E-state index in [1.165, 1.54) is 6.92 Å². The second-order valence-electron chi connectivity index (χ2n) is 5.94. The van der Waals surface area contributed by atoms with Gasteiger partial charge in [-0.15, -0.1) is 0 Å². The average Bonchev–Trinajstić information content (AvgIpc) is 2.62. The molecule has 136 valence electrons. The van der Waals surface area contributed by atoms with Gasteiger partial charge in [0.25, 0.3) is 5.91 Å². The Kier molecular flexibility index (Phi) is 6.91. The Labute approximate surface area is 152 Å². The molecule has 0 heterocycles. The Morgan fingerprint density at radius 2 is 1.65 bits per heavy atom. The van der Waals surface area contributed by atoms with E-state index in [0.717, 1.165) is 11.1 Å². The zero-order valence-corrected chi connectivity index (χ0v) is 14.8. The molecule has 0 saturated heterocycles. The predicted octanol–water partition coefficient (Wildman–Crippen LogP) is 2.74. The van der Waals surface area contributed by atoms with Crippen molar-refractivity contribution in [3.05, 3.63) is 65.7 Å². The van der Waals surface area contributed by atoms with Gasteiger partial charge < -0.3 is 15.4 Å². The molecule has 0 aliphatic rings. The molecule has 6 nitrogen and oxygen atoms in total. The summed E-state index contributed by atoms with van der Waals surface area (Å²) in [7, 11) is 0. The van der Waals surface area contributed by atoms with E-state index in [4.69, 9.17) is 4.74 Å². The molecule has 2 N–H and O–H groups in total. The van der Waals surface area contributed by atoms with E-state index >= 15 is 0 Å². The summed E-state index contributed by atoms with van der Waals surface area (Å²) in [5, 5.41) is 5.38. The molecule has 0 spiro atoms. The molecule has 0 aliphatic carbocycles. The third kappa shape index (κ3) is 6.39. The summed E-state index contributed by atoms with van der Waals surface area (Å²) in [4.78, 5) is 35.3. The first-order valence-electron chi connectivity index (χ1n) is 8.28. The van der Waals surface area contributed by atoms with Gasteiger partial charge in [-0.25, -0.2) is 0 Å². The molecule has 0 bridgehead atoms. The van der Waals surface area contributed by atoms with E-state index in [9.17, 15) is 14.4 Å². The van der Waals surface area contributed by atoms with Crippen molar-refractivity contribution in [2.45, 2.75) is 26.3 Å². The van der Waals surface area contributed by atoms with Crippen molar-refractivity contribution in [2.24, 2.45) is 0 Å². The molecule has 0 unspecified atom stereocenters. The fourth-order valence-electron chi connectivity index (χ4n) is 2.39. The minimum absolute atomic E-state index is 0.0542. The Morgan fingerprint density at radius 1 is 1.00 bits per heavy atom. The largest absolute Gasteiger partial charge is 0.455 e. The molecule has 26 heavy (non-hydrogen) atoms. The van der Waals surface area contributed by atoms with Gasteiger partial charge >= 0.3 is 5.97 Å². The number of esters is 1. The lowest BCUT2D eigenvalue weighted by Gasteiger charge is -2.17. The van der Waals surface area contributed by atoms with Gasteiger partial charge in [-0.05, 0) is 24.6 Å². The molecule has 2 aromatic rings. The van der Waals surface area contributed by atoms with Gasteiger partial charge in [0, 0.05) is 12.6 Å². The Hall–Kier alpha value is -3.15. The van der Waals surface area contributed by atoms with Crippen molar-refractivity contribution in [3.8, 4) is 0 Å². The van der Waals surface area contributed by atoms with Crippen LogP contribution in [0.2, 0.25) is 0 Å². The maximum absolute atomic E-state index is 12.1. The SMILES string of the molecule is CC(=O)N[C@@H](CC(=O)OCC(=O)Nc1ccc(C)cc1)c1ccccc1. The monoisotopic (exact) mass is 354 g/mol. The third-order valence-corrected chi connectivity index (χ3v) is 3.65. The first-order valence-corrected chi connectivity index (χ1v) is 8.28. The van der Waals surface area contributed by atoms with E-state index in [0.29, 0.717) is 5.69 Å². The summed E-state index contributed by atoms with van der Waals surface area (Å²) < 4.78 is 5.03. The maximum atomic E-state index is 12.1. The molecular weight excluding hydrogens is 332 g/mol. The van der Waals surface area contributed by atoms with Crippen LogP contribution in [-0.4, -0.2) is 24.4 Å². The molecule has 0 aliphatic heterocycles. The molecular formula is C20H22N2O4. The van der Waals surface area contributed by atoms with Gasteiger partial charge in [-0.2, -0.15) is 0 Å². The first-order chi connectivity index (χ1) is 12.4. The summed E-state index contributed by atoms with van der Waals surface area (Å²) in [5.74, 6) is -1.23. The number of nitrogens with one attached hydrogen (secondary N) is 2. The van der Waals surface area contributed by atoms with Crippen LogP contribution in [0.4, 0.5) is 5.69 Å². The molecule has 1 atom stereocenters. The van der Waals surface area contributed by atoms with E-state index in [1.54, 1.807) is 12.1 Å². The number of carbonyl (C=O) groups is 3. The number of anilines is 1. The summed E-state index contributed by atoms with van der Waals surface area (Å²) >= 11 is 0. The number of aryl methyl sites for hydroxylation is 1. The first kappa shape index (κ1) is 19.2. The minimum atomic E-state index is -0.563. The highest BCUT2D eigenvalue weighted by Crippen LogP contribution is 2.17. The minimum Gasteiger partial charge on any atom is -0.455 e. The van der Waals surface area contributed by atoms with Crippen molar-refractivity contribution in [3.63, 3.8) is 0 Å². The van der Waals surface area contributed by atoms with Crippen molar-refractivity contribution >= 4 is 23.5 Å². The summed E-state index contributed by atoms with van der Waals surface area (Å²) in [5.41, 5.74) is 2.51. The molecule has 2 rings (SSSR count). The van der Waals surface area contributed by atoms with Crippen LogP contribution in [-0.2, 0) is 19.1 Å². The number of ether oxygens (including phenoxy) is 1. The highest BCUT2D eigenvalue weighted by Gasteiger charge is 2.18. The highest BCUT2D eigenvalue weighted by molar-refractivity contribution is 5.92. The lowest BCUT2D eigenvalue weighted by Crippen LogP contribution is -2.29. The molecule has 0 saturated carbocycles. The number of carbonyl (C=O) groups excluding carboxylic acids is 3. The highest BCUT2D eigenvalue weighted by atomic mass is 16.5. The summed E-state index contributed by atoms with van der Waals surface area (Å²) in [6.45, 7) is 2.95.